The highest BCUT2D eigenvalue weighted by molar-refractivity contribution is 7.90. The summed E-state index contributed by atoms with van der Waals surface area (Å²) in [5.74, 6) is 1.05. The molecule has 0 bridgehead atoms. The Labute approximate surface area is 202 Å². The standard InChI is InChI=1S/C27H22N2O5S/c1-18-11-13-20(14-12-18)35(31,32)29-23-9-6-10-25(34-19-7-4-3-5-8-19)27(23)26-21(17-33-2)22(16-30)28-15-24(26)29/h3-16H,17H2,1-2H3. The summed E-state index contributed by atoms with van der Waals surface area (Å²) in [5.41, 5.74) is 2.37. The lowest BCUT2D eigenvalue weighted by molar-refractivity contribution is 0.111. The first-order chi connectivity index (χ1) is 17.0. The number of nitrogens with zero attached hydrogens (tertiary/aromatic N) is 2. The lowest BCUT2D eigenvalue weighted by atomic mass is 10.1. The maximum Gasteiger partial charge on any atom is 0.268 e. The van der Waals surface area contributed by atoms with E-state index >= 15 is 0 Å². The van der Waals surface area contributed by atoms with Gasteiger partial charge in [0.25, 0.3) is 10.0 Å². The van der Waals surface area contributed by atoms with Crippen LogP contribution in [0.4, 0.5) is 0 Å². The van der Waals surface area contributed by atoms with Crippen molar-refractivity contribution in [2.45, 2.75) is 18.4 Å². The maximum atomic E-state index is 13.9. The lowest BCUT2D eigenvalue weighted by Crippen LogP contribution is -2.13. The molecule has 0 unspecified atom stereocenters. The summed E-state index contributed by atoms with van der Waals surface area (Å²) in [4.78, 5) is 16.2. The van der Waals surface area contributed by atoms with E-state index in [9.17, 15) is 13.2 Å². The lowest BCUT2D eigenvalue weighted by Gasteiger charge is -2.10. The number of hydrogen-bond donors (Lipinski definition) is 0. The molecule has 0 spiro atoms. The number of carbonyl (C=O) groups is 1. The summed E-state index contributed by atoms with van der Waals surface area (Å²) >= 11 is 0. The van der Waals surface area contributed by atoms with Crippen molar-refractivity contribution in [1.29, 1.82) is 0 Å². The van der Waals surface area contributed by atoms with E-state index in [-0.39, 0.29) is 17.2 Å². The van der Waals surface area contributed by atoms with E-state index in [2.05, 4.69) is 4.98 Å². The first-order valence-electron chi connectivity index (χ1n) is 10.9. The highest BCUT2D eigenvalue weighted by Gasteiger charge is 2.28. The summed E-state index contributed by atoms with van der Waals surface area (Å²) in [6.07, 6.45) is 2.06. The molecular formula is C27H22N2O5S. The van der Waals surface area contributed by atoms with Crippen molar-refractivity contribution in [1.82, 2.24) is 8.96 Å². The minimum absolute atomic E-state index is 0.0712. The molecule has 2 aromatic heterocycles. The van der Waals surface area contributed by atoms with E-state index < -0.39 is 10.0 Å². The number of pyridine rings is 1. The van der Waals surface area contributed by atoms with Gasteiger partial charge in [0.2, 0.25) is 0 Å². The molecule has 0 aliphatic rings. The molecule has 0 fully saturated rings. The Morgan fingerprint density at radius 2 is 1.66 bits per heavy atom. The second-order valence-electron chi connectivity index (χ2n) is 8.08. The smallest absolute Gasteiger partial charge is 0.268 e. The van der Waals surface area contributed by atoms with Gasteiger partial charge in [-0.05, 0) is 43.3 Å². The largest absolute Gasteiger partial charge is 0.457 e. The van der Waals surface area contributed by atoms with Crippen molar-refractivity contribution in [3.63, 3.8) is 0 Å². The van der Waals surface area contributed by atoms with E-state index in [1.54, 1.807) is 42.5 Å². The zero-order chi connectivity index (χ0) is 24.6. The van der Waals surface area contributed by atoms with Crippen LogP contribution in [0.5, 0.6) is 11.5 Å². The van der Waals surface area contributed by atoms with Crippen molar-refractivity contribution in [2.75, 3.05) is 7.11 Å². The van der Waals surface area contributed by atoms with E-state index in [0.29, 0.717) is 45.2 Å². The van der Waals surface area contributed by atoms with Gasteiger partial charge in [-0.25, -0.2) is 12.4 Å². The summed E-state index contributed by atoms with van der Waals surface area (Å²) in [6, 6.07) is 21.1. The molecule has 0 saturated carbocycles. The molecule has 7 nitrogen and oxygen atoms in total. The summed E-state index contributed by atoms with van der Waals surface area (Å²) in [6.45, 7) is 1.97. The Morgan fingerprint density at radius 1 is 0.914 bits per heavy atom. The third kappa shape index (κ3) is 3.86. The van der Waals surface area contributed by atoms with Crippen molar-refractivity contribution < 1.29 is 22.7 Å². The normalized spacial score (nSPS) is 11.7. The average molecular weight is 487 g/mol. The number of para-hydroxylation sites is 1. The number of carbonyl (C=O) groups excluding carboxylic acids is 1. The second-order valence-corrected chi connectivity index (χ2v) is 9.87. The van der Waals surface area contributed by atoms with Crippen LogP contribution < -0.4 is 4.74 Å². The van der Waals surface area contributed by atoms with Crippen LogP contribution in [0, 0.1) is 6.92 Å². The average Bonchev–Trinajstić information content (AvgIpc) is 3.22. The van der Waals surface area contributed by atoms with Crippen LogP contribution in [0.2, 0.25) is 0 Å². The SMILES string of the molecule is COCc1c(C=O)ncc2c1c1c(Oc3ccccc3)cccc1n2S(=O)(=O)c1ccc(C)cc1. The predicted molar refractivity (Wildman–Crippen MR) is 134 cm³/mol. The molecular weight excluding hydrogens is 464 g/mol. The Morgan fingerprint density at radius 3 is 2.34 bits per heavy atom. The topological polar surface area (TPSA) is 87.5 Å². The molecule has 3 aromatic carbocycles. The Hall–Kier alpha value is -4.01. The Bertz CT molecular complexity index is 1660. The molecule has 8 heteroatoms. The molecule has 0 amide bonds. The van der Waals surface area contributed by atoms with Crippen LogP contribution in [0.25, 0.3) is 21.8 Å². The van der Waals surface area contributed by atoms with Gasteiger partial charge in [0.05, 0.1) is 34.1 Å². The molecule has 0 aliphatic carbocycles. The molecule has 0 saturated heterocycles. The number of ether oxygens (including phenoxy) is 2. The predicted octanol–water partition coefficient (Wildman–Crippen LogP) is 5.49. The fourth-order valence-corrected chi connectivity index (χ4v) is 5.73. The zero-order valence-corrected chi connectivity index (χ0v) is 20.0. The van der Waals surface area contributed by atoms with Gasteiger partial charge in [-0.15, -0.1) is 0 Å². The highest BCUT2D eigenvalue weighted by atomic mass is 32.2. The summed E-state index contributed by atoms with van der Waals surface area (Å²) in [7, 11) is -2.50. The van der Waals surface area contributed by atoms with Crippen LogP contribution in [-0.4, -0.2) is 30.8 Å². The van der Waals surface area contributed by atoms with Gasteiger partial charge in [-0.1, -0.05) is 42.0 Å². The number of aldehydes is 1. The fraction of sp³-hybridized carbons (Fsp3) is 0.111. The van der Waals surface area contributed by atoms with Gasteiger partial charge in [-0.3, -0.25) is 9.78 Å². The molecule has 35 heavy (non-hydrogen) atoms. The first kappa shape index (κ1) is 22.8. The van der Waals surface area contributed by atoms with Crippen molar-refractivity contribution in [2.24, 2.45) is 0 Å². The minimum Gasteiger partial charge on any atom is -0.457 e. The van der Waals surface area contributed by atoms with Gasteiger partial charge >= 0.3 is 0 Å². The van der Waals surface area contributed by atoms with Crippen molar-refractivity contribution >= 4 is 38.1 Å². The van der Waals surface area contributed by atoms with Crippen LogP contribution in [0.15, 0.2) is 83.9 Å². The molecule has 176 valence electrons. The number of aromatic nitrogens is 2. The Balaban J connectivity index is 1.91. The molecule has 2 heterocycles. The summed E-state index contributed by atoms with van der Waals surface area (Å²) < 4.78 is 40.7. The van der Waals surface area contributed by atoms with Crippen LogP contribution >= 0.6 is 0 Å². The zero-order valence-electron chi connectivity index (χ0n) is 19.1. The number of methoxy groups -OCH3 is 1. The number of aryl methyl sites for hydroxylation is 1. The third-order valence-electron chi connectivity index (χ3n) is 5.82. The summed E-state index contributed by atoms with van der Waals surface area (Å²) in [5, 5.41) is 1.10. The van der Waals surface area contributed by atoms with Crippen LogP contribution in [0.3, 0.4) is 0 Å². The van der Waals surface area contributed by atoms with Crippen LogP contribution in [-0.2, 0) is 21.4 Å². The van der Waals surface area contributed by atoms with E-state index in [1.165, 1.54) is 17.3 Å². The number of hydrogen-bond acceptors (Lipinski definition) is 6. The van der Waals surface area contributed by atoms with Crippen molar-refractivity contribution in [3.8, 4) is 11.5 Å². The van der Waals surface area contributed by atoms with Gasteiger partial charge in [0, 0.05) is 18.1 Å². The van der Waals surface area contributed by atoms with Gasteiger partial charge < -0.3 is 9.47 Å². The molecule has 0 N–H and O–H groups in total. The number of fused-ring (bicyclic) bond motifs is 3. The molecule has 5 aromatic rings. The van der Waals surface area contributed by atoms with E-state index in [4.69, 9.17) is 9.47 Å². The van der Waals surface area contributed by atoms with Gasteiger partial charge in [0.1, 0.15) is 17.2 Å². The van der Waals surface area contributed by atoms with E-state index in [0.717, 1.165) is 5.56 Å². The van der Waals surface area contributed by atoms with Crippen LogP contribution in [0.1, 0.15) is 21.6 Å². The molecule has 0 aliphatic heterocycles. The quantitative estimate of drug-likeness (QED) is 0.283. The monoisotopic (exact) mass is 486 g/mol. The van der Waals surface area contributed by atoms with Gasteiger partial charge in [0.15, 0.2) is 6.29 Å². The first-order valence-corrected chi connectivity index (χ1v) is 12.3. The number of benzene rings is 3. The van der Waals surface area contributed by atoms with E-state index in [1.807, 2.05) is 37.3 Å². The highest BCUT2D eigenvalue weighted by Crippen LogP contribution is 2.41. The third-order valence-corrected chi connectivity index (χ3v) is 7.56. The van der Waals surface area contributed by atoms with Crippen molar-refractivity contribution in [3.05, 3.63) is 95.8 Å². The molecule has 0 radical (unpaired) electrons. The minimum atomic E-state index is -4.01. The fourth-order valence-electron chi connectivity index (χ4n) is 4.23. The second kappa shape index (κ2) is 8.98. The van der Waals surface area contributed by atoms with Gasteiger partial charge in [-0.2, -0.15) is 0 Å². The number of rotatable bonds is 7. The molecule has 5 rings (SSSR count). The molecule has 0 atom stereocenters. The maximum absolute atomic E-state index is 13.9. The Kier molecular flexibility index (Phi) is 5.84.